The van der Waals surface area contributed by atoms with Gasteiger partial charge in [-0.15, -0.1) is 0 Å². The summed E-state index contributed by atoms with van der Waals surface area (Å²) in [6, 6.07) is 8.73. The van der Waals surface area contributed by atoms with Gasteiger partial charge in [-0.05, 0) is 12.5 Å². The number of nitrogens with one attached hydrogen (secondary N) is 1. The molecular formula is C14H12F2N2O2. The lowest BCUT2D eigenvalue weighted by Crippen LogP contribution is -2.05. The van der Waals surface area contributed by atoms with E-state index in [1.807, 2.05) is 31.2 Å². The van der Waals surface area contributed by atoms with Crippen LogP contribution in [0, 0.1) is 28.7 Å². The zero-order valence-electron chi connectivity index (χ0n) is 10.7. The monoisotopic (exact) mass is 278 g/mol. The van der Waals surface area contributed by atoms with Gasteiger partial charge in [0, 0.05) is 12.6 Å². The van der Waals surface area contributed by atoms with Crippen LogP contribution in [0.5, 0.6) is 0 Å². The van der Waals surface area contributed by atoms with Crippen molar-refractivity contribution in [1.82, 2.24) is 0 Å². The predicted octanol–water partition coefficient (Wildman–Crippen LogP) is 3.79. The van der Waals surface area contributed by atoms with Crippen LogP contribution in [0.15, 0.2) is 36.4 Å². The van der Waals surface area contributed by atoms with Crippen LogP contribution in [-0.4, -0.2) is 4.92 Å². The van der Waals surface area contributed by atoms with Crippen molar-refractivity contribution in [2.75, 3.05) is 5.32 Å². The van der Waals surface area contributed by atoms with Gasteiger partial charge in [0.1, 0.15) is 11.5 Å². The van der Waals surface area contributed by atoms with Gasteiger partial charge >= 0.3 is 0 Å². The van der Waals surface area contributed by atoms with Crippen molar-refractivity contribution >= 4 is 11.4 Å². The molecule has 20 heavy (non-hydrogen) atoms. The topological polar surface area (TPSA) is 55.2 Å². The highest BCUT2D eigenvalue weighted by atomic mass is 19.1. The summed E-state index contributed by atoms with van der Waals surface area (Å²) in [5.74, 6) is -1.96. The van der Waals surface area contributed by atoms with Crippen molar-refractivity contribution in [2.45, 2.75) is 13.5 Å². The number of anilines is 1. The molecule has 0 aliphatic heterocycles. The number of aryl methyl sites for hydroxylation is 1. The van der Waals surface area contributed by atoms with Gasteiger partial charge in [0.2, 0.25) is 0 Å². The molecule has 0 fully saturated rings. The molecule has 0 aliphatic rings. The molecule has 0 saturated carbocycles. The van der Waals surface area contributed by atoms with E-state index in [-0.39, 0.29) is 12.2 Å². The Morgan fingerprint density at radius 3 is 2.45 bits per heavy atom. The van der Waals surface area contributed by atoms with Gasteiger partial charge in [-0.2, -0.15) is 0 Å². The fourth-order valence-electron chi connectivity index (χ4n) is 1.78. The molecule has 0 unspecified atom stereocenters. The molecule has 2 aromatic rings. The minimum atomic E-state index is -0.983. The summed E-state index contributed by atoms with van der Waals surface area (Å²) in [7, 11) is 0. The molecule has 104 valence electrons. The van der Waals surface area contributed by atoms with E-state index in [0.29, 0.717) is 12.1 Å². The first-order valence-corrected chi connectivity index (χ1v) is 5.90. The Kier molecular flexibility index (Phi) is 3.93. The van der Waals surface area contributed by atoms with Crippen molar-refractivity contribution < 1.29 is 13.7 Å². The van der Waals surface area contributed by atoms with Gasteiger partial charge in [0.25, 0.3) is 5.69 Å². The van der Waals surface area contributed by atoms with E-state index in [1.54, 1.807) is 0 Å². The van der Waals surface area contributed by atoms with Gasteiger partial charge in [0.15, 0.2) is 5.82 Å². The van der Waals surface area contributed by atoms with Crippen LogP contribution in [-0.2, 0) is 6.54 Å². The molecular weight excluding hydrogens is 266 g/mol. The number of rotatable bonds is 4. The molecule has 0 atom stereocenters. The van der Waals surface area contributed by atoms with Crippen molar-refractivity contribution in [2.24, 2.45) is 0 Å². The Hall–Kier alpha value is -2.50. The maximum atomic E-state index is 13.6. The lowest BCUT2D eigenvalue weighted by Gasteiger charge is -2.08. The molecule has 0 amide bonds. The van der Waals surface area contributed by atoms with E-state index in [4.69, 9.17) is 0 Å². The number of halogens is 2. The third kappa shape index (κ3) is 3.09. The molecule has 2 rings (SSSR count). The Balaban J connectivity index is 2.24. The van der Waals surface area contributed by atoms with Gasteiger partial charge < -0.3 is 5.32 Å². The normalized spacial score (nSPS) is 10.3. The fraction of sp³-hybridized carbons (Fsp3) is 0.143. The average Bonchev–Trinajstić information content (AvgIpc) is 2.38. The van der Waals surface area contributed by atoms with Crippen LogP contribution in [0.25, 0.3) is 0 Å². The van der Waals surface area contributed by atoms with Crippen LogP contribution in [0.1, 0.15) is 11.1 Å². The zero-order chi connectivity index (χ0) is 14.7. The quantitative estimate of drug-likeness (QED) is 0.683. The molecule has 0 radical (unpaired) electrons. The Morgan fingerprint density at radius 1 is 1.20 bits per heavy atom. The van der Waals surface area contributed by atoms with E-state index in [2.05, 4.69) is 5.32 Å². The highest BCUT2D eigenvalue weighted by molar-refractivity contribution is 5.62. The second-order valence-corrected chi connectivity index (χ2v) is 4.38. The predicted molar refractivity (Wildman–Crippen MR) is 71.5 cm³/mol. The highest BCUT2D eigenvalue weighted by Gasteiger charge is 2.20. The Bertz CT molecular complexity index is 642. The Morgan fingerprint density at radius 2 is 1.85 bits per heavy atom. The molecule has 1 N–H and O–H groups in total. The maximum absolute atomic E-state index is 13.6. The summed E-state index contributed by atoms with van der Waals surface area (Å²) in [6.45, 7) is 2.14. The first-order valence-electron chi connectivity index (χ1n) is 5.90. The van der Waals surface area contributed by atoms with E-state index in [9.17, 15) is 18.9 Å². The molecule has 0 spiro atoms. The lowest BCUT2D eigenvalue weighted by molar-refractivity contribution is -0.384. The van der Waals surface area contributed by atoms with Crippen molar-refractivity contribution in [3.05, 3.63) is 69.3 Å². The average molecular weight is 278 g/mol. The molecule has 0 aromatic heterocycles. The first kappa shape index (κ1) is 13.9. The van der Waals surface area contributed by atoms with E-state index in [0.717, 1.165) is 11.1 Å². The van der Waals surface area contributed by atoms with E-state index >= 15 is 0 Å². The molecule has 0 heterocycles. The van der Waals surface area contributed by atoms with Gasteiger partial charge in [-0.1, -0.05) is 29.8 Å². The number of nitro groups is 1. The summed E-state index contributed by atoms with van der Waals surface area (Å²) in [5.41, 5.74) is 0.993. The van der Waals surface area contributed by atoms with E-state index < -0.39 is 22.2 Å². The molecule has 0 aliphatic carbocycles. The lowest BCUT2D eigenvalue weighted by atomic mass is 10.1. The molecule has 2 aromatic carbocycles. The van der Waals surface area contributed by atoms with Crippen molar-refractivity contribution in [3.8, 4) is 0 Å². The largest absolute Gasteiger partial charge is 0.373 e. The number of nitrogens with zero attached hydrogens (tertiary/aromatic N) is 1. The summed E-state index contributed by atoms with van der Waals surface area (Å²) in [4.78, 5) is 10.00. The minimum absolute atomic E-state index is 0.212. The second-order valence-electron chi connectivity index (χ2n) is 4.38. The van der Waals surface area contributed by atoms with Crippen LogP contribution in [0.4, 0.5) is 20.2 Å². The van der Waals surface area contributed by atoms with Crippen LogP contribution in [0.2, 0.25) is 0 Å². The molecule has 4 nitrogen and oxygen atoms in total. The molecule has 6 heteroatoms. The van der Waals surface area contributed by atoms with Crippen LogP contribution < -0.4 is 5.32 Å². The smallest absolute Gasteiger partial charge is 0.298 e. The standard InChI is InChI=1S/C14H12F2N2O2/c1-9-2-4-10(5-3-9)8-17-14-12(16)6-11(15)7-13(14)18(19)20/h2-7,17H,8H2,1H3. The van der Waals surface area contributed by atoms with Gasteiger partial charge in [-0.25, -0.2) is 8.78 Å². The molecule has 0 bridgehead atoms. The number of nitro benzene ring substituents is 1. The van der Waals surface area contributed by atoms with Crippen molar-refractivity contribution in [1.29, 1.82) is 0 Å². The van der Waals surface area contributed by atoms with Gasteiger partial charge in [-0.3, -0.25) is 10.1 Å². The van der Waals surface area contributed by atoms with Crippen LogP contribution in [0.3, 0.4) is 0 Å². The summed E-state index contributed by atoms with van der Waals surface area (Å²) < 4.78 is 26.6. The SMILES string of the molecule is Cc1ccc(CNc2c(F)cc(F)cc2[N+](=O)[O-])cc1. The third-order valence-corrected chi connectivity index (χ3v) is 2.82. The van der Waals surface area contributed by atoms with Gasteiger partial charge in [0.05, 0.1) is 11.0 Å². The summed E-state index contributed by atoms with van der Waals surface area (Å²) in [6.07, 6.45) is 0. The molecule has 0 saturated heterocycles. The highest BCUT2D eigenvalue weighted by Crippen LogP contribution is 2.29. The van der Waals surface area contributed by atoms with Crippen molar-refractivity contribution in [3.63, 3.8) is 0 Å². The van der Waals surface area contributed by atoms with Crippen LogP contribution >= 0.6 is 0 Å². The minimum Gasteiger partial charge on any atom is -0.373 e. The third-order valence-electron chi connectivity index (χ3n) is 2.82. The Labute approximate surface area is 114 Å². The second kappa shape index (κ2) is 5.64. The number of benzene rings is 2. The number of hydrogen-bond acceptors (Lipinski definition) is 3. The van der Waals surface area contributed by atoms with E-state index in [1.165, 1.54) is 0 Å². The summed E-state index contributed by atoms with van der Waals surface area (Å²) in [5, 5.41) is 13.5. The fourth-order valence-corrected chi connectivity index (χ4v) is 1.78. The summed E-state index contributed by atoms with van der Waals surface area (Å²) >= 11 is 0. The number of hydrogen-bond donors (Lipinski definition) is 1. The zero-order valence-corrected chi connectivity index (χ0v) is 10.7. The maximum Gasteiger partial charge on any atom is 0.298 e. The first-order chi connectivity index (χ1) is 9.47.